The molecule has 0 unspecified atom stereocenters. The van der Waals surface area contributed by atoms with Crippen LogP contribution in [0.4, 0.5) is 9.59 Å². The van der Waals surface area contributed by atoms with E-state index in [4.69, 9.17) is 9.47 Å². The molecule has 12 heteroatoms. The number of aliphatic carboxylic acids is 1. The molecule has 1 aliphatic heterocycles. The molecule has 0 bridgehead atoms. The predicted octanol–water partition coefficient (Wildman–Crippen LogP) is 4.31. The fourth-order valence-electron chi connectivity index (χ4n) is 3.92. The van der Waals surface area contributed by atoms with Gasteiger partial charge in [0.2, 0.25) is 0 Å². The largest absolute Gasteiger partial charge is 0.481 e. The molecular formula is C30H27N3O8S. The van der Waals surface area contributed by atoms with Crippen LogP contribution in [0.1, 0.15) is 17.5 Å². The van der Waals surface area contributed by atoms with Crippen LogP contribution in [0.25, 0.3) is 5.57 Å². The third-order valence-corrected chi connectivity index (χ3v) is 6.85. The van der Waals surface area contributed by atoms with Crippen LogP contribution in [-0.4, -0.2) is 64.0 Å². The Morgan fingerprint density at radius 2 is 1.48 bits per heavy atom. The Morgan fingerprint density at radius 1 is 0.857 bits per heavy atom. The van der Waals surface area contributed by atoms with Crippen LogP contribution in [0.3, 0.4) is 0 Å². The molecule has 0 saturated carbocycles. The Bertz CT molecular complexity index is 1470. The highest BCUT2D eigenvalue weighted by molar-refractivity contribution is 7.99. The van der Waals surface area contributed by atoms with E-state index in [0.717, 1.165) is 4.90 Å². The molecule has 4 amide bonds. The Kier molecular flexibility index (Phi) is 10.3. The summed E-state index contributed by atoms with van der Waals surface area (Å²) in [5.74, 6) is -2.73. The zero-order valence-corrected chi connectivity index (χ0v) is 23.1. The summed E-state index contributed by atoms with van der Waals surface area (Å²) in [6, 6.07) is 25.3. The number of benzene rings is 3. The summed E-state index contributed by atoms with van der Waals surface area (Å²) in [4.78, 5) is 65.2. The number of esters is 1. The number of amides is 4. The van der Waals surface area contributed by atoms with Crippen LogP contribution in [0.2, 0.25) is 0 Å². The molecule has 2 N–H and O–H groups in total. The molecule has 3 aromatic rings. The molecule has 0 aromatic heterocycles. The SMILES string of the molecule is O=C(O)CCN(C(=O)OCc1ccccc1)N1C(=O)NC(=C(C(=O)OCCSc2ccccc2)c2ccccc2)C1=O. The normalized spacial score (nSPS) is 13.8. The van der Waals surface area contributed by atoms with Crippen molar-refractivity contribution in [2.75, 3.05) is 18.9 Å². The van der Waals surface area contributed by atoms with Gasteiger partial charge < -0.3 is 19.9 Å². The molecular weight excluding hydrogens is 562 g/mol. The van der Waals surface area contributed by atoms with Crippen molar-refractivity contribution in [2.24, 2.45) is 0 Å². The molecule has 1 saturated heterocycles. The first-order valence-electron chi connectivity index (χ1n) is 12.8. The van der Waals surface area contributed by atoms with E-state index in [0.29, 0.717) is 26.9 Å². The molecule has 216 valence electrons. The van der Waals surface area contributed by atoms with E-state index >= 15 is 0 Å². The maximum Gasteiger partial charge on any atom is 0.429 e. The Morgan fingerprint density at radius 3 is 2.12 bits per heavy atom. The third-order valence-electron chi connectivity index (χ3n) is 5.87. The third kappa shape index (κ3) is 7.76. The van der Waals surface area contributed by atoms with Gasteiger partial charge in [-0.3, -0.25) is 9.59 Å². The second kappa shape index (κ2) is 14.5. The number of urea groups is 1. The lowest BCUT2D eigenvalue weighted by molar-refractivity contribution is -0.140. The smallest absolute Gasteiger partial charge is 0.429 e. The summed E-state index contributed by atoms with van der Waals surface area (Å²) in [6.45, 7) is -0.709. The first kappa shape index (κ1) is 29.9. The summed E-state index contributed by atoms with van der Waals surface area (Å²) < 4.78 is 10.7. The monoisotopic (exact) mass is 589 g/mol. The number of carbonyl (C=O) groups excluding carboxylic acids is 4. The topological polar surface area (TPSA) is 143 Å². The number of imide groups is 1. The van der Waals surface area contributed by atoms with Crippen LogP contribution in [0.15, 0.2) is 102 Å². The molecule has 11 nitrogen and oxygen atoms in total. The maximum absolute atomic E-state index is 13.6. The number of thioether (sulfide) groups is 1. The number of carbonyl (C=O) groups is 5. The van der Waals surface area contributed by atoms with Gasteiger partial charge in [-0.25, -0.2) is 19.4 Å². The number of hydrazine groups is 1. The highest BCUT2D eigenvalue weighted by Gasteiger charge is 2.44. The standard InChI is InChI=1S/C30H27N3O8S/c34-24(35)16-17-32(30(39)41-20-21-10-4-1-5-11-21)33-27(36)26(31-29(33)38)25(22-12-6-2-7-13-22)28(37)40-18-19-42-23-14-8-3-9-15-23/h1-15H,16-20H2,(H,31,38)(H,34,35). The van der Waals surface area contributed by atoms with Crippen molar-refractivity contribution >= 4 is 47.3 Å². The summed E-state index contributed by atoms with van der Waals surface area (Å²) in [5, 5.41) is 12.6. The van der Waals surface area contributed by atoms with E-state index in [9.17, 15) is 29.1 Å². The fourth-order valence-corrected chi connectivity index (χ4v) is 4.67. The summed E-state index contributed by atoms with van der Waals surface area (Å²) in [7, 11) is 0. The van der Waals surface area contributed by atoms with Gasteiger partial charge in [0.15, 0.2) is 0 Å². The van der Waals surface area contributed by atoms with Gasteiger partial charge in [0.25, 0.3) is 5.91 Å². The minimum atomic E-state index is -1.26. The van der Waals surface area contributed by atoms with Gasteiger partial charge in [0, 0.05) is 10.6 Å². The zero-order valence-electron chi connectivity index (χ0n) is 22.3. The number of carboxylic acid groups (broad SMARTS) is 1. The molecule has 0 aliphatic carbocycles. The molecule has 0 spiro atoms. The van der Waals surface area contributed by atoms with Gasteiger partial charge in [-0.05, 0) is 23.3 Å². The number of nitrogens with zero attached hydrogens (tertiary/aromatic N) is 2. The minimum absolute atomic E-state index is 0.0183. The van der Waals surface area contributed by atoms with E-state index in [1.165, 1.54) is 11.8 Å². The first-order valence-corrected chi connectivity index (χ1v) is 13.8. The van der Waals surface area contributed by atoms with Crippen molar-refractivity contribution in [2.45, 2.75) is 17.9 Å². The van der Waals surface area contributed by atoms with E-state index in [1.54, 1.807) is 60.7 Å². The van der Waals surface area contributed by atoms with Crippen LogP contribution >= 0.6 is 11.8 Å². The molecule has 42 heavy (non-hydrogen) atoms. The van der Waals surface area contributed by atoms with Gasteiger partial charge in [0.05, 0.1) is 18.5 Å². The van der Waals surface area contributed by atoms with Crippen molar-refractivity contribution in [3.63, 3.8) is 0 Å². The number of carboxylic acids is 1. The number of hydrogen-bond acceptors (Lipinski definition) is 8. The predicted molar refractivity (Wildman–Crippen MR) is 152 cm³/mol. The lowest BCUT2D eigenvalue weighted by atomic mass is 10.0. The van der Waals surface area contributed by atoms with E-state index in [2.05, 4.69) is 5.32 Å². The highest BCUT2D eigenvalue weighted by Crippen LogP contribution is 2.26. The van der Waals surface area contributed by atoms with Crippen LogP contribution < -0.4 is 5.32 Å². The van der Waals surface area contributed by atoms with E-state index < -0.39 is 48.6 Å². The quantitative estimate of drug-likeness (QED) is 0.104. The van der Waals surface area contributed by atoms with Crippen LogP contribution in [0, 0.1) is 0 Å². The average molecular weight is 590 g/mol. The molecule has 1 heterocycles. The van der Waals surface area contributed by atoms with Crippen molar-refractivity contribution in [3.8, 4) is 0 Å². The van der Waals surface area contributed by atoms with E-state index in [1.807, 2.05) is 30.3 Å². The first-order chi connectivity index (χ1) is 20.3. The number of ether oxygens (including phenoxy) is 2. The molecule has 0 atom stereocenters. The fraction of sp³-hybridized carbons (Fsp3) is 0.167. The summed E-state index contributed by atoms with van der Waals surface area (Å²) >= 11 is 1.48. The minimum Gasteiger partial charge on any atom is -0.481 e. The second-order valence-corrected chi connectivity index (χ2v) is 9.94. The maximum atomic E-state index is 13.6. The van der Waals surface area contributed by atoms with Crippen molar-refractivity contribution in [3.05, 3.63) is 108 Å². The van der Waals surface area contributed by atoms with Crippen molar-refractivity contribution in [1.82, 2.24) is 15.3 Å². The van der Waals surface area contributed by atoms with Crippen LogP contribution in [-0.2, 0) is 30.5 Å². The molecule has 0 radical (unpaired) electrons. The molecule has 1 fully saturated rings. The molecule has 1 aliphatic rings. The summed E-state index contributed by atoms with van der Waals surface area (Å²) in [6.07, 6.45) is -1.70. The Labute approximate surface area is 245 Å². The summed E-state index contributed by atoms with van der Waals surface area (Å²) in [5.41, 5.74) is 0.314. The van der Waals surface area contributed by atoms with Gasteiger partial charge in [-0.15, -0.1) is 11.8 Å². The lowest BCUT2D eigenvalue weighted by Crippen LogP contribution is -2.51. The van der Waals surface area contributed by atoms with Gasteiger partial charge in [-0.1, -0.05) is 78.9 Å². The van der Waals surface area contributed by atoms with Gasteiger partial charge in [0.1, 0.15) is 18.9 Å². The Hall–Kier alpha value is -5.10. The zero-order chi connectivity index (χ0) is 29.9. The van der Waals surface area contributed by atoms with Gasteiger partial charge >= 0.3 is 24.1 Å². The van der Waals surface area contributed by atoms with Crippen LogP contribution in [0.5, 0.6) is 0 Å². The van der Waals surface area contributed by atoms with Crippen molar-refractivity contribution < 1.29 is 38.6 Å². The van der Waals surface area contributed by atoms with Gasteiger partial charge in [-0.2, -0.15) is 5.01 Å². The average Bonchev–Trinajstić information content (AvgIpc) is 3.28. The number of rotatable bonds is 12. The highest BCUT2D eigenvalue weighted by atomic mass is 32.2. The lowest BCUT2D eigenvalue weighted by Gasteiger charge is -2.27. The molecule has 4 rings (SSSR count). The van der Waals surface area contributed by atoms with E-state index in [-0.39, 0.29) is 18.8 Å². The van der Waals surface area contributed by atoms with Crippen molar-refractivity contribution in [1.29, 1.82) is 0 Å². The molecule has 3 aromatic carbocycles. The second-order valence-electron chi connectivity index (χ2n) is 8.77. The number of hydrogen-bond donors (Lipinski definition) is 2. The Balaban J connectivity index is 1.56. The number of nitrogens with one attached hydrogen (secondary N) is 1.